The Morgan fingerprint density at radius 2 is 1.81 bits per heavy atom. The molecule has 0 aliphatic heterocycles. The second-order valence-corrected chi connectivity index (χ2v) is 5.20. The van der Waals surface area contributed by atoms with E-state index < -0.39 is 0 Å². The number of nitrogens with zero attached hydrogens (tertiary/aromatic N) is 1. The number of benzene rings is 2. The molecule has 0 saturated heterocycles. The average molecular weight is 276 g/mol. The van der Waals surface area contributed by atoms with E-state index in [1.165, 1.54) is 11.6 Å². The molecule has 1 N–H and O–H groups in total. The van der Waals surface area contributed by atoms with Crippen LogP contribution >= 0.6 is 0 Å². The molecule has 4 rings (SSSR count). The standard InChI is InChI=1S/C18H13FN2/c1-11-4-2-5-12-14(10-20-18(11)12)17-9-8-13-15(19)6-3-7-16(13)21-17/h2-10,20H,1H3. The Labute approximate surface area is 121 Å². The molecule has 0 amide bonds. The molecule has 21 heavy (non-hydrogen) atoms. The summed E-state index contributed by atoms with van der Waals surface area (Å²) < 4.78 is 13.7. The Balaban J connectivity index is 1.98. The van der Waals surface area contributed by atoms with Crippen LogP contribution in [0.4, 0.5) is 4.39 Å². The van der Waals surface area contributed by atoms with Gasteiger partial charge in [-0.15, -0.1) is 0 Å². The Morgan fingerprint density at radius 1 is 0.952 bits per heavy atom. The first-order chi connectivity index (χ1) is 10.2. The minimum atomic E-state index is -0.235. The van der Waals surface area contributed by atoms with E-state index in [1.807, 2.05) is 24.4 Å². The number of H-pyrrole nitrogens is 1. The average Bonchev–Trinajstić information content (AvgIpc) is 2.92. The zero-order chi connectivity index (χ0) is 14.4. The third kappa shape index (κ3) is 1.82. The molecule has 2 aromatic carbocycles. The Kier molecular flexibility index (Phi) is 2.54. The van der Waals surface area contributed by atoms with Crippen molar-refractivity contribution in [1.29, 1.82) is 0 Å². The third-order valence-corrected chi connectivity index (χ3v) is 3.88. The molecule has 0 saturated carbocycles. The van der Waals surface area contributed by atoms with Gasteiger partial charge in [0.2, 0.25) is 0 Å². The SMILES string of the molecule is Cc1cccc2c(-c3ccc4c(F)cccc4n3)c[nH]c12. The number of fused-ring (bicyclic) bond motifs is 2. The van der Waals surface area contributed by atoms with E-state index in [4.69, 9.17) is 0 Å². The molecule has 4 aromatic rings. The number of nitrogens with one attached hydrogen (secondary N) is 1. The summed E-state index contributed by atoms with van der Waals surface area (Å²) in [5, 5.41) is 1.69. The molecule has 2 nitrogen and oxygen atoms in total. The van der Waals surface area contributed by atoms with Crippen molar-refractivity contribution in [2.24, 2.45) is 0 Å². The smallest absolute Gasteiger partial charge is 0.132 e. The normalized spacial score (nSPS) is 11.3. The van der Waals surface area contributed by atoms with Crippen LogP contribution in [0.5, 0.6) is 0 Å². The van der Waals surface area contributed by atoms with Crippen molar-refractivity contribution >= 4 is 21.8 Å². The zero-order valence-corrected chi connectivity index (χ0v) is 11.5. The zero-order valence-electron chi connectivity index (χ0n) is 11.5. The second kappa shape index (κ2) is 4.42. The number of pyridine rings is 1. The van der Waals surface area contributed by atoms with Gasteiger partial charge in [-0.3, -0.25) is 0 Å². The van der Waals surface area contributed by atoms with Gasteiger partial charge in [0.25, 0.3) is 0 Å². The lowest BCUT2D eigenvalue weighted by molar-refractivity contribution is 0.639. The van der Waals surface area contributed by atoms with Crippen LogP contribution in [0.25, 0.3) is 33.1 Å². The van der Waals surface area contributed by atoms with Gasteiger partial charge in [-0.25, -0.2) is 9.37 Å². The summed E-state index contributed by atoms with van der Waals surface area (Å²) in [5.41, 5.74) is 4.89. The van der Waals surface area contributed by atoms with Gasteiger partial charge in [0.15, 0.2) is 0 Å². The van der Waals surface area contributed by atoms with Gasteiger partial charge in [-0.05, 0) is 36.8 Å². The van der Waals surface area contributed by atoms with Gasteiger partial charge < -0.3 is 4.98 Å². The fourth-order valence-electron chi connectivity index (χ4n) is 2.79. The predicted molar refractivity (Wildman–Crippen MR) is 83.7 cm³/mol. The lowest BCUT2D eigenvalue weighted by Gasteiger charge is -2.03. The highest BCUT2D eigenvalue weighted by Crippen LogP contribution is 2.30. The van der Waals surface area contributed by atoms with Gasteiger partial charge >= 0.3 is 0 Å². The molecule has 0 fully saturated rings. The van der Waals surface area contributed by atoms with E-state index in [2.05, 4.69) is 29.0 Å². The molecule has 2 heterocycles. The molecule has 0 unspecified atom stereocenters. The van der Waals surface area contributed by atoms with Crippen molar-refractivity contribution in [3.63, 3.8) is 0 Å². The second-order valence-electron chi connectivity index (χ2n) is 5.20. The Morgan fingerprint density at radius 3 is 2.71 bits per heavy atom. The summed E-state index contributed by atoms with van der Waals surface area (Å²) in [6.45, 7) is 2.08. The minimum absolute atomic E-state index is 0.235. The largest absolute Gasteiger partial charge is 0.360 e. The third-order valence-electron chi connectivity index (χ3n) is 3.88. The fraction of sp³-hybridized carbons (Fsp3) is 0.0556. The number of para-hydroxylation sites is 1. The van der Waals surface area contributed by atoms with E-state index >= 15 is 0 Å². The summed E-state index contributed by atoms with van der Waals surface area (Å²) in [4.78, 5) is 7.90. The first-order valence-corrected chi connectivity index (χ1v) is 6.86. The maximum absolute atomic E-state index is 13.7. The van der Waals surface area contributed by atoms with Crippen LogP contribution < -0.4 is 0 Å². The van der Waals surface area contributed by atoms with E-state index in [9.17, 15) is 4.39 Å². The van der Waals surface area contributed by atoms with Gasteiger partial charge in [-0.1, -0.05) is 24.3 Å². The van der Waals surface area contributed by atoms with Crippen LogP contribution in [0.1, 0.15) is 5.56 Å². The van der Waals surface area contributed by atoms with Crippen LogP contribution in [0.2, 0.25) is 0 Å². The molecule has 0 radical (unpaired) electrons. The molecule has 2 aromatic heterocycles. The lowest BCUT2D eigenvalue weighted by atomic mass is 10.1. The molecule has 0 bridgehead atoms. The van der Waals surface area contributed by atoms with Crippen LogP contribution in [-0.4, -0.2) is 9.97 Å². The molecule has 0 spiro atoms. The Bertz CT molecular complexity index is 969. The van der Waals surface area contributed by atoms with Crippen molar-refractivity contribution < 1.29 is 4.39 Å². The number of aryl methyl sites for hydroxylation is 1. The van der Waals surface area contributed by atoms with Crippen LogP contribution in [-0.2, 0) is 0 Å². The van der Waals surface area contributed by atoms with E-state index in [1.54, 1.807) is 12.1 Å². The molecule has 0 atom stereocenters. The van der Waals surface area contributed by atoms with E-state index in [0.29, 0.717) is 10.9 Å². The predicted octanol–water partition coefficient (Wildman–Crippen LogP) is 4.83. The summed E-state index contributed by atoms with van der Waals surface area (Å²) in [7, 11) is 0. The number of halogens is 1. The minimum Gasteiger partial charge on any atom is -0.360 e. The van der Waals surface area contributed by atoms with Crippen LogP contribution in [0, 0.1) is 12.7 Å². The molecule has 0 aliphatic carbocycles. The maximum Gasteiger partial charge on any atom is 0.132 e. The maximum atomic E-state index is 13.7. The summed E-state index contributed by atoms with van der Waals surface area (Å²) in [6, 6.07) is 14.8. The van der Waals surface area contributed by atoms with E-state index in [-0.39, 0.29) is 5.82 Å². The van der Waals surface area contributed by atoms with Gasteiger partial charge in [0, 0.05) is 28.0 Å². The highest BCUT2D eigenvalue weighted by Gasteiger charge is 2.10. The summed E-state index contributed by atoms with van der Waals surface area (Å²) in [5.74, 6) is -0.235. The van der Waals surface area contributed by atoms with Gasteiger partial charge in [0.05, 0.1) is 11.2 Å². The van der Waals surface area contributed by atoms with Crippen molar-refractivity contribution in [3.05, 3.63) is 66.1 Å². The topological polar surface area (TPSA) is 28.7 Å². The van der Waals surface area contributed by atoms with Gasteiger partial charge in [0.1, 0.15) is 5.82 Å². The van der Waals surface area contributed by atoms with Crippen LogP contribution in [0.15, 0.2) is 54.7 Å². The number of rotatable bonds is 1. The van der Waals surface area contributed by atoms with Gasteiger partial charge in [-0.2, -0.15) is 0 Å². The highest BCUT2D eigenvalue weighted by atomic mass is 19.1. The molecule has 0 aliphatic rings. The fourth-order valence-corrected chi connectivity index (χ4v) is 2.79. The molecule has 3 heteroatoms. The Hall–Kier alpha value is -2.68. The first-order valence-electron chi connectivity index (χ1n) is 6.86. The van der Waals surface area contributed by atoms with Crippen molar-refractivity contribution in [1.82, 2.24) is 9.97 Å². The van der Waals surface area contributed by atoms with E-state index in [0.717, 1.165) is 22.2 Å². The molecule has 102 valence electrons. The van der Waals surface area contributed by atoms with Crippen molar-refractivity contribution in [2.75, 3.05) is 0 Å². The number of aromatic nitrogens is 2. The number of hydrogen-bond donors (Lipinski definition) is 1. The first kappa shape index (κ1) is 12.1. The molecular weight excluding hydrogens is 263 g/mol. The molecular formula is C18H13FN2. The lowest BCUT2D eigenvalue weighted by Crippen LogP contribution is -1.86. The number of aromatic amines is 1. The summed E-state index contributed by atoms with van der Waals surface area (Å²) in [6.07, 6.45) is 1.96. The van der Waals surface area contributed by atoms with Crippen molar-refractivity contribution in [3.8, 4) is 11.3 Å². The highest BCUT2D eigenvalue weighted by molar-refractivity contribution is 5.97. The van der Waals surface area contributed by atoms with Crippen LogP contribution in [0.3, 0.4) is 0 Å². The summed E-state index contributed by atoms with van der Waals surface area (Å²) >= 11 is 0. The van der Waals surface area contributed by atoms with Crippen molar-refractivity contribution in [2.45, 2.75) is 6.92 Å². The monoisotopic (exact) mass is 276 g/mol. The quantitative estimate of drug-likeness (QED) is 0.530. The number of hydrogen-bond acceptors (Lipinski definition) is 1.